The fraction of sp³-hybridized carbons (Fsp3) is 0.214. The summed E-state index contributed by atoms with van der Waals surface area (Å²) >= 11 is 1.51. The molecule has 2 aromatic carbocycles. The molecule has 5 rings (SSSR count). The third kappa shape index (κ3) is 5.05. The van der Waals surface area contributed by atoms with E-state index in [0.29, 0.717) is 35.2 Å². The number of nitrogens with zero attached hydrogens (tertiary/aromatic N) is 3. The van der Waals surface area contributed by atoms with Crippen LogP contribution in [0.2, 0.25) is 0 Å². The molecule has 2 aromatic heterocycles. The summed E-state index contributed by atoms with van der Waals surface area (Å²) in [7, 11) is 0. The second-order valence-electron chi connectivity index (χ2n) is 8.81. The first-order chi connectivity index (χ1) is 17.0. The van der Waals surface area contributed by atoms with Gasteiger partial charge in [-0.3, -0.25) is 9.78 Å². The van der Waals surface area contributed by atoms with Crippen molar-refractivity contribution in [3.05, 3.63) is 106 Å². The highest BCUT2D eigenvalue weighted by atomic mass is 32.1. The lowest BCUT2D eigenvalue weighted by atomic mass is 9.91. The Balaban J connectivity index is 1.49. The third-order valence-corrected chi connectivity index (χ3v) is 6.76. The molecule has 35 heavy (non-hydrogen) atoms. The SMILES string of the molecule is Cc1ccc(-c2cc(C(=O)CC(C)c3cscn3)cc(C3=NOC(c4ccccn4)C3)c2)c(F)c1. The number of Topliss-reactive ketones (excluding diaryl/α,β-unsaturated/α-hetero) is 1. The van der Waals surface area contributed by atoms with Crippen LogP contribution in [0.5, 0.6) is 0 Å². The molecule has 5 nitrogen and oxygen atoms in total. The van der Waals surface area contributed by atoms with Crippen LogP contribution in [-0.4, -0.2) is 21.5 Å². The number of halogens is 1. The van der Waals surface area contributed by atoms with Gasteiger partial charge in [0, 0.05) is 47.0 Å². The molecule has 2 atom stereocenters. The lowest BCUT2D eigenvalue weighted by Crippen LogP contribution is -2.09. The molecule has 0 spiro atoms. The smallest absolute Gasteiger partial charge is 0.174 e. The van der Waals surface area contributed by atoms with Gasteiger partial charge in [-0.15, -0.1) is 11.3 Å². The van der Waals surface area contributed by atoms with Crippen molar-refractivity contribution in [1.82, 2.24) is 9.97 Å². The first kappa shape index (κ1) is 23.1. The molecule has 4 aromatic rings. The lowest BCUT2D eigenvalue weighted by Gasteiger charge is -2.13. The Morgan fingerprint density at radius 1 is 1.14 bits per heavy atom. The minimum absolute atomic E-state index is 0.0161. The Morgan fingerprint density at radius 3 is 2.74 bits per heavy atom. The maximum Gasteiger partial charge on any atom is 0.174 e. The first-order valence-electron chi connectivity index (χ1n) is 11.4. The number of aryl methyl sites for hydroxylation is 1. The summed E-state index contributed by atoms with van der Waals surface area (Å²) in [5, 5.41) is 6.26. The summed E-state index contributed by atoms with van der Waals surface area (Å²) in [6, 6.07) is 16.2. The van der Waals surface area contributed by atoms with Gasteiger partial charge in [-0.1, -0.05) is 30.3 Å². The van der Waals surface area contributed by atoms with Crippen molar-refractivity contribution >= 4 is 22.8 Å². The van der Waals surface area contributed by atoms with Gasteiger partial charge in [-0.2, -0.15) is 0 Å². The van der Waals surface area contributed by atoms with Crippen molar-refractivity contribution < 1.29 is 14.0 Å². The van der Waals surface area contributed by atoms with Crippen LogP contribution < -0.4 is 0 Å². The van der Waals surface area contributed by atoms with Gasteiger partial charge in [0.15, 0.2) is 11.9 Å². The van der Waals surface area contributed by atoms with Crippen LogP contribution in [-0.2, 0) is 4.84 Å². The van der Waals surface area contributed by atoms with Crippen molar-refractivity contribution in [3.8, 4) is 11.1 Å². The fourth-order valence-corrected chi connectivity index (χ4v) is 4.88. The van der Waals surface area contributed by atoms with Gasteiger partial charge in [-0.25, -0.2) is 9.37 Å². The molecule has 0 amide bonds. The molecular weight excluding hydrogens is 461 g/mol. The van der Waals surface area contributed by atoms with Gasteiger partial charge in [-0.05, 0) is 54.4 Å². The van der Waals surface area contributed by atoms with E-state index in [9.17, 15) is 9.18 Å². The van der Waals surface area contributed by atoms with Gasteiger partial charge >= 0.3 is 0 Å². The maximum atomic E-state index is 14.9. The molecule has 0 saturated heterocycles. The van der Waals surface area contributed by atoms with Gasteiger partial charge < -0.3 is 4.84 Å². The standard InChI is InChI=1S/C28H24FN3O2S/c1-17-6-7-22(23(29)9-17)19-11-20(25-14-28(34-32-25)24-5-3-4-8-30-24)13-21(12-19)27(33)10-18(2)26-15-35-16-31-26/h3-9,11-13,15-16,18,28H,10,14H2,1-2H3. The average molecular weight is 486 g/mol. The fourth-order valence-electron chi connectivity index (χ4n) is 4.20. The third-order valence-electron chi connectivity index (χ3n) is 6.16. The lowest BCUT2D eigenvalue weighted by molar-refractivity contribution is 0.0826. The minimum atomic E-state index is -0.327. The van der Waals surface area contributed by atoms with Crippen LogP contribution in [0.1, 0.15) is 64.7 Å². The van der Waals surface area contributed by atoms with E-state index in [1.54, 1.807) is 23.8 Å². The highest BCUT2D eigenvalue weighted by Gasteiger charge is 2.26. The highest BCUT2D eigenvalue weighted by Crippen LogP contribution is 2.32. The molecule has 176 valence electrons. The molecular formula is C28H24FN3O2S. The molecule has 0 bridgehead atoms. The van der Waals surface area contributed by atoms with Crippen molar-refractivity contribution in [2.24, 2.45) is 5.16 Å². The molecule has 0 fully saturated rings. The summed E-state index contributed by atoms with van der Waals surface area (Å²) in [4.78, 5) is 27.7. The molecule has 1 aliphatic heterocycles. The van der Waals surface area contributed by atoms with Crippen LogP contribution in [0.15, 0.2) is 76.8 Å². The maximum absolute atomic E-state index is 14.9. The van der Waals surface area contributed by atoms with E-state index >= 15 is 0 Å². The Bertz CT molecular complexity index is 1390. The molecule has 3 heterocycles. The number of carbonyl (C=O) groups excluding carboxylic acids is 1. The Hall–Kier alpha value is -3.71. The predicted octanol–water partition coefficient (Wildman–Crippen LogP) is 6.89. The molecule has 0 aliphatic carbocycles. The van der Waals surface area contributed by atoms with Crippen molar-refractivity contribution in [2.45, 2.75) is 38.7 Å². The van der Waals surface area contributed by atoms with Crippen LogP contribution in [0.3, 0.4) is 0 Å². The minimum Gasteiger partial charge on any atom is -0.385 e. The van der Waals surface area contributed by atoms with Crippen molar-refractivity contribution in [2.75, 3.05) is 0 Å². The Labute approximate surface area is 207 Å². The van der Waals surface area contributed by atoms with E-state index in [4.69, 9.17) is 4.84 Å². The number of pyridine rings is 1. The van der Waals surface area contributed by atoms with E-state index in [1.165, 1.54) is 17.4 Å². The Morgan fingerprint density at radius 2 is 2.00 bits per heavy atom. The summed E-state index contributed by atoms with van der Waals surface area (Å²) in [5.41, 5.74) is 7.34. The van der Waals surface area contributed by atoms with E-state index in [2.05, 4.69) is 15.1 Å². The number of rotatable bonds is 7. The number of ketones is 1. The summed E-state index contributed by atoms with van der Waals surface area (Å²) in [5.74, 6) is -0.369. The number of carbonyl (C=O) groups is 1. The average Bonchev–Trinajstić information content (AvgIpc) is 3.57. The monoisotopic (exact) mass is 485 g/mol. The van der Waals surface area contributed by atoms with Gasteiger partial charge in [0.05, 0.1) is 22.6 Å². The summed E-state index contributed by atoms with van der Waals surface area (Å²) in [6.45, 7) is 3.84. The second kappa shape index (κ2) is 9.88. The van der Waals surface area contributed by atoms with Crippen molar-refractivity contribution in [1.29, 1.82) is 0 Å². The normalized spacial score (nSPS) is 16.0. The molecule has 0 radical (unpaired) electrons. The topological polar surface area (TPSA) is 64.4 Å². The van der Waals surface area contributed by atoms with Gasteiger partial charge in [0.1, 0.15) is 5.82 Å². The molecule has 7 heteroatoms. The van der Waals surface area contributed by atoms with Crippen molar-refractivity contribution in [3.63, 3.8) is 0 Å². The molecule has 1 aliphatic rings. The zero-order valence-electron chi connectivity index (χ0n) is 19.4. The van der Waals surface area contributed by atoms with Crippen LogP contribution in [0.25, 0.3) is 11.1 Å². The van der Waals surface area contributed by atoms with Crippen LogP contribution >= 0.6 is 11.3 Å². The largest absolute Gasteiger partial charge is 0.385 e. The molecule has 0 N–H and O–H groups in total. The molecule has 0 saturated carbocycles. The molecule has 2 unspecified atom stereocenters. The number of oxime groups is 1. The summed E-state index contributed by atoms with van der Waals surface area (Å²) in [6.07, 6.45) is 2.25. The number of benzene rings is 2. The number of thiazole rings is 1. The first-order valence-corrected chi connectivity index (χ1v) is 12.4. The second-order valence-corrected chi connectivity index (χ2v) is 9.53. The van der Waals surface area contributed by atoms with E-state index in [0.717, 1.165) is 22.5 Å². The summed E-state index contributed by atoms with van der Waals surface area (Å²) < 4.78 is 14.9. The zero-order chi connectivity index (χ0) is 24.4. The van der Waals surface area contributed by atoms with E-state index in [1.807, 2.05) is 55.6 Å². The highest BCUT2D eigenvalue weighted by molar-refractivity contribution is 7.07. The Kier molecular flexibility index (Phi) is 6.51. The number of hydrogen-bond acceptors (Lipinski definition) is 6. The number of aromatic nitrogens is 2. The van der Waals surface area contributed by atoms with Gasteiger partial charge in [0.2, 0.25) is 0 Å². The van der Waals surface area contributed by atoms with Crippen LogP contribution in [0, 0.1) is 12.7 Å². The quantitative estimate of drug-likeness (QED) is 0.267. The number of hydrogen-bond donors (Lipinski definition) is 0. The predicted molar refractivity (Wildman–Crippen MR) is 135 cm³/mol. The van der Waals surface area contributed by atoms with Crippen LogP contribution in [0.4, 0.5) is 4.39 Å². The zero-order valence-corrected chi connectivity index (χ0v) is 20.3. The van der Waals surface area contributed by atoms with Gasteiger partial charge in [0.25, 0.3) is 0 Å². The van der Waals surface area contributed by atoms with E-state index in [-0.39, 0.29) is 23.6 Å². The van der Waals surface area contributed by atoms with E-state index < -0.39 is 0 Å².